The fourth-order valence-corrected chi connectivity index (χ4v) is 4.96. The summed E-state index contributed by atoms with van der Waals surface area (Å²) in [7, 11) is -2.09. The number of hydrogen-bond acceptors (Lipinski definition) is 4. The zero-order valence-corrected chi connectivity index (χ0v) is 14.4. The predicted molar refractivity (Wildman–Crippen MR) is 95.0 cm³/mol. The Hall–Kier alpha value is -2.79. The molecule has 0 unspecified atom stereocenters. The minimum Gasteiger partial charge on any atom is -0.497 e. The highest BCUT2D eigenvalue weighted by Crippen LogP contribution is 2.49. The van der Waals surface area contributed by atoms with Crippen molar-refractivity contribution in [1.29, 1.82) is 0 Å². The van der Waals surface area contributed by atoms with Crippen LogP contribution in [0, 0.1) is 0 Å². The van der Waals surface area contributed by atoms with Gasteiger partial charge in [0.2, 0.25) is 0 Å². The first kappa shape index (κ1) is 15.7. The first-order valence-corrected chi connectivity index (χ1v) is 9.39. The lowest BCUT2D eigenvalue weighted by Crippen LogP contribution is -2.19. The number of sulfone groups is 1. The maximum absolute atomic E-state index is 13.4. The molecular formula is C20H16O4S. The average Bonchev–Trinajstić information content (AvgIpc) is 2.66. The van der Waals surface area contributed by atoms with Crippen LogP contribution in [0.5, 0.6) is 17.2 Å². The normalized spacial score (nSPS) is 15.6. The second kappa shape index (κ2) is 5.93. The number of ether oxygens (including phenoxy) is 2. The number of rotatable bonds is 3. The van der Waals surface area contributed by atoms with E-state index in [1.54, 1.807) is 67.8 Å². The van der Waals surface area contributed by atoms with E-state index >= 15 is 0 Å². The van der Waals surface area contributed by atoms with Gasteiger partial charge in [-0.25, -0.2) is 8.42 Å². The largest absolute Gasteiger partial charge is 0.497 e. The average molecular weight is 352 g/mol. The van der Waals surface area contributed by atoms with Gasteiger partial charge in [0.25, 0.3) is 0 Å². The maximum Gasteiger partial charge on any atom is 0.189 e. The van der Waals surface area contributed by atoms with Gasteiger partial charge in [0, 0.05) is 11.1 Å². The highest BCUT2D eigenvalue weighted by atomic mass is 32.2. The third kappa shape index (κ3) is 2.57. The molecule has 0 aliphatic carbocycles. The molecule has 0 saturated heterocycles. The van der Waals surface area contributed by atoms with Crippen molar-refractivity contribution in [3.05, 3.63) is 83.9 Å². The Labute approximate surface area is 146 Å². The Balaban J connectivity index is 1.98. The van der Waals surface area contributed by atoms with Gasteiger partial charge < -0.3 is 9.47 Å². The number of para-hydroxylation sites is 1. The van der Waals surface area contributed by atoms with E-state index in [9.17, 15) is 8.42 Å². The molecule has 25 heavy (non-hydrogen) atoms. The molecule has 3 aromatic rings. The molecule has 4 rings (SSSR count). The first-order chi connectivity index (χ1) is 12.1. The van der Waals surface area contributed by atoms with Crippen molar-refractivity contribution in [2.24, 2.45) is 0 Å². The number of fused-ring (bicyclic) bond motifs is 2. The Morgan fingerprint density at radius 1 is 0.840 bits per heavy atom. The zero-order chi connectivity index (χ0) is 17.4. The van der Waals surface area contributed by atoms with Crippen LogP contribution in [0.25, 0.3) is 0 Å². The lowest BCUT2D eigenvalue weighted by molar-refractivity contribution is 0.409. The van der Waals surface area contributed by atoms with Crippen molar-refractivity contribution in [2.75, 3.05) is 7.11 Å². The first-order valence-electron chi connectivity index (χ1n) is 7.85. The highest BCUT2D eigenvalue weighted by Gasteiger charge is 2.38. The molecular weight excluding hydrogens is 336 g/mol. The summed E-state index contributed by atoms with van der Waals surface area (Å²) in [5, 5.41) is -0.843. The monoisotopic (exact) mass is 352 g/mol. The molecule has 0 N–H and O–H groups in total. The number of hydrogen-bond donors (Lipinski definition) is 0. The van der Waals surface area contributed by atoms with Crippen LogP contribution in [-0.4, -0.2) is 15.5 Å². The van der Waals surface area contributed by atoms with E-state index in [0.717, 1.165) is 0 Å². The van der Waals surface area contributed by atoms with Gasteiger partial charge in [0.1, 0.15) is 22.5 Å². The van der Waals surface area contributed by atoms with E-state index in [4.69, 9.17) is 9.47 Å². The fourth-order valence-electron chi connectivity index (χ4n) is 3.11. The summed E-state index contributed by atoms with van der Waals surface area (Å²) in [5.41, 5.74) is 1.22. The van der Waals surface area contributed by atoms with Gasteiger partial charge in [-0.2, -0.15) is 0 Å². The van der Waals surface area contributed by atoms with Crippen LogP contribution >= 0.6 is 0 Å². The van der Waals surface area contributed by atoms with Crippen LogP contribution in [0.3, 0.4) is 0 Å². The van der Waals surface area contributed by atoms with E-state index in [-0.39, 0.29) is 4.90 Å². The van der Waals surface area contributed by atoms with Crippen LogP contribution in [0.4, 0.5) is 0 Å². The van der Waals surface area contributed by atoms with Gasteiger partial charge in [-0.05, 0) is 36.4 Å². The molecule has 0 spiro atoms. The molecule has 5 heteroatoms. The molecule has 0 fully saturated rings. The van der Waals surface area contributed by atoms with Crippen LogP contribution in [0.1, 0.15) is 16.4 Å². The third-order valence-corrected chi connectivity index (χ3v) is 6.36. The summed E-state index contributed by atoms with van der Waals surface area (Å²) in [4.78, 5) is 0.283. The summed E-state index contributed by atoms with van der Waals surface area (Å²) in [5.74, 6) is 1.68. The molecule has 1 aliphatic heterocycles. The van der Waals surface area contributed by atoms with E-state index in [0.29, 0.717) is 28.4 Å². The predicted octanol–water partition coefficient (Wildman–Crippen LogP) is 4.36. The van der Waals surface area contributed by atoms with Gasteiger partial charge in [-0.3, -0.25) is 0 Å². The topological polar surface area (TPSA) is 52.6 Å². The quantitative estimate of drug-likeness (QED) is 0.703. The number of methoxy groups -OCH3 is 1. The highest BCUT2D eigenvalue weighted by molar-refractivity contribution is 7.92. The van der Waals surface area contributed by atoms with E-state index in [2.05, 4.69) is 0 Å². The number of benzene rings is 3. The molecule has 0 aromatic heterocycles. The smallest absolute Gasteiger partial charge is 0.189 e. The molecule has 1 heterocycles. The van der Waals surface area contributed by atoms with Gasteiger partial charge in [-0.15, -0.1) is 0 Å². The molecule has 0 amide bonds. The maximum atomic E-state index is 13.4. The summed E-state index contributed by atoms with van der Waals surface area (Å²) >= 11 is 0. The van der Waals surface area contributed by atoms with Crippen LogP contribution in [-0.2, 0) is 9.84 Å². The summed E-state index contributed by atoms with van der Waals surface area (Å²) in [6.07, 6.45) is 0. The van der Waals surface area contributed by atoms with Crippen molar-refractivity contribution in [2.45, 2.75) is 10.1 Å². The van der Waals surface area contributed by atoms with Crippen LogP contribution in [0.15, 0.2) is 77.7 Å². The lowest BCUT2D eigenvalue weighted by atomic mass is 9.99. The van der Waals surface area contributed by atoms with Gasteiger partial charge >= 0.3 is 0 Å². The molecule has 0 saturated carbocycles. The molecule has 126 valence electrons. The van der Waals surface area contributed by atoms with Crippen molar-refractivity contribution >= 4 is 9.84 Å². The molecule has 1 atom stereocenters. The van der Waals surface area contributed by atoms with Crippen molar-refractivity contribution in [1.82, 2.24) is 0 Å². The molecule has 1 aliphatic rings. The van der Waals surface area contributed by atoms with Crippen molar-refractivity contribution in [3.8, 4) is 17.2 Å². The van der Waals surface area contributed by atoms with Crippen molar-refractivity contribution in [3.63, 3.8) is 0 Å². The van der Waals surface area contributed by atoms with E-state index in [1.807, 2.05) is 12.1 Å². The molecule has 3 aromatic carbocycles. The second-order valence-electron chi connectivity index (χ2n) is 5.78. The van der Waals surface area contributed by atoms with Gasteiger partial charge in [0.05, 0.1) is 12.0 Å². The third-order valence-electron chi connectivity index (χ3n) is 4.30. The summed E-state index contributed by atoms with van der Waals surface area (Å²) in [6, 6.07) is 21.0. The second-order valence-corrected chi connectivity index (χ2v) is 7.81. The minimum atomic E-state index is -3.65. The fraction of sp³-hybridized carbons (Fsp3) is 0.100. The minimum absolute atomic E-state index is 0.283. The van der Waals surface area contributed by atoms with Crippen LogP contribution in [0.2, 0.25) is 0 Å². The van der Waals surface area contributed by atoms with Crippen LogP contribution < -0.4 is 9.47 Å². The van der Waals surface area contributed by atoms with Gasteiger partial charge in [0.15, 0.2) is 9.84 Å². The lowest BCUT2D eigenvalue weighted by Gasteiger charge is -2.28. The summed E-state index contributed by atoms with van der Waals surface area (Å²) in [6.45, 7) is 0. The Morgan fingerprint density at radius 3 is 2.28 bits per heavy atom. The zero-order valence-electron chi connectivity index (χ0n) is 13.5. The Morgan fingerprint density at radius 2 is 1.52 bits per heavy atom. The molecule has 0 radical (unpaired) electrons. The Bertz CT molecular complexity index is 1030. The van der Waals surface area contributed by atoms with Crippen molar-refractivity contribution < 1.29 is 17.9 Å². The SMILES string of the molecule is COc1ccc2c(c1)[C@H](S(=O)(=O)c1ccccc1)c1ccccc1O2. The molecule has 4 nitrogen and oxygen atoms in total. The summed E-state index contributed by atoms with van der Waals surface area (Å²) < 4.78 is 38.0. The Kier molecular flexibility index (Phi) is 3.73. The van der Waals surface area contributed by atoms with E-state index in [1.165, 1.54) is 0 Å². The standard InChI is InChI=1S/C20H16O4S/c1-23-14-11-12-19-17(13-14)20(16-9-5-6-10-18(16)24-19)25(21,22)15-7-3-2-4-8-15/h2-13,20H,1H3/t20-/m1/s1. The van der Waals surface area contributed by atoms with Gasteiger partial charge in [-0.1, -0.05) is 36.4 Å². The molecule has 0 bridgehead atoms. The van der Waals surface area contributed by atoms with E-state index < -0.39 is 15.1 Å².